The zero-order valence-electron chi connectivity index (χ0n) is 12.1. The standard InChI is InChI=1S/C18H13FN4/c19-12-5-7-13(8-6-12)22-18-20-10-9-17(23-18)15-11-21-16-4-2-1-3-14(15)16/h1-11,21H,(H,20,22,23). The summed E-state index contributed by atoms with van der Waals surface area (Å²) in [5.41, 5.74) is 3.64. The highest BCUT2D eigenvalue weighted by molar-refractivity contribution is 5.94. The van der Waals surface area contributed by atoms with Crippen molar-refractivity contribution in [3.8, 4) is 11.3 Å². The minimum atomic E-state index is -0.274. The van der Waals surface area contributed by atoms with Crippen molar-refractivity contribution in [3.63, 3.8) is 0 Å². The molecule has 112 valence electrons. The zero-order valence-corrected chi connectivity index (χ0v) is 12.1. The Hall–Kier alpha value is -3.21. The molecule has 2 aromatic carbocycles. The first-order valence-corrected chi connectivity index (χ1v) is 7.22. The van der Waals surface area contributed by atoms with Crippen LogP contribution in [0.5, 0.6) is 0 Å². The molecule has 0 saturated heterocycles. The van der Waals surface area contributed by atoms with Gasteiger partial charge in [0.25, 0.3) is 0 Å². The molecule has 0 fully saturated rings. The summed E-state index contributed by atoms with van der Waals surface area (Å²) in [5.74, 6) is 0.198. The second-order valence-electron chi connectivity index (χ2n) is 5.15. The number of fused-ring (bicyclic) bond motifs is 1. The molecule has 0 aliphatic carbocycles. The van der Waals surface area contributed by atoms with Crippen molar-refractivity contribution in [2.45, 2.75) is 0 Å². The molecule has 0 aliphatic rings. The number of hydrogen-bond donors (Lipinski definition) is 2. The molecule has 5 heteroatoms. The Labute approximate surface area is 132 Å². The number of nitrogens with zero attached hydrogens (tertiary/aromatic N) is 2. The molecule has 23 heavy (non-hydrogen) atoms. The molecule has 0 unspecified atom stereocenters. The summed E-state index contributed by atoms with van der Waals surface area (Å²) in [6.07, 6.45) is 3.64. The van der Waals surface area contributed by atoms with E-state index >= 15 is 0 Å². The molecule has 0 atom stereocenters. The van der Waals surface area contributed by atoms with E-state index in [4.69, 9.17) is 0 Å². The lowest BCUT2D eigenvalue weighted by Crippen LogP contribution is -1.97. The summed E-state index contributed by atoms with van der Waals surface area (Å²) in [4.78, 5) is 12.0. The molecular weight excluding hydrogens is 291 g/mol. The molecule has 0 amide bonds. The maximum absolute atomic E-state index is 13.0. The number of H-pyrrole nitrogens is 1. The fourth-order valence-electron chi connectivity index (χ4n) is 2.51. The van der Waals surface area contributed by atoms with Crippen LogP contribution < -0.4 is 5.32 Å². The Kier molecular flexibility index (Phi) is 3.24. The zero-order chi connectivity index (χ0) is 15.6. The number of anilines is 2. The molecule has 2 heterocycles. The molecular formula is C18H13FN4. The van der Waals surface area contributed by atoms with Gasteiger partial charge < -0.3 is 10.3 Å². The molecule has 4 aromatic rings. The van der Waals surface area contributed by atoms with Crippen molar-refractivity contribution in [2.75, 3.05) is 5.32 Å². The predicted molar refractivity (Wildman–Crippen MR) is 89.0 cm³/mol. The van der Waals surface area contributed by atoms with Crippen molar-refractivity contribution in [3.05, 3.63) is 72.8 Å². The minimum absolute atomic E-state index is 0.274. The van der Waals surface area contributed by atoms with E-state index in [1.807, 2.05) is 30.5 Å². The Morgan fingerprint density at radius 2 is 1.78 bits per heavy atom. The van der Waals surface area contributed by atoms with Gasteiger partial charge in [-0.05, 0) is 36.4 Å². The van der Waals surface area contributed by atoms with Gasteiger partial charge in [-0.15, -0.1) is 0 Å². The highest BCUT2D eigenvalue weighted by Crippen LogP contribution is 2.27. The van der Waals surface area contributed by atoms with Gasteiger partial charge in [0.2, 0.25) is 5.95 Å². The summed E-state index contributed by atoms with van der Waals surface area (Å²) >= 11 is 0. The summed E-state index contributed by atoms with van der Waals surface area (Å²) in [6.45, 7) is 0. The van der Waals surface area contributed by atoms with Crippen LogP contribution >= 0.6 is 0 Å². The van der Waals surface area contributed by atoms with Crippen LogP contribution in [0.3, 0.4) is 0 Å². The molecule has 0 saturated carbocycles. The predicted octanol–water partition coefficient (Wildman–Crippen LogP) is 4.51. The molecule has 2 N–H and O–H groups in total. The average Bonchev–Trinajstić information content (AvgIpc) is 3.01. The minimum Gasteiger partial charge on any atom is -0.360 e. The first-order chi connectivity index (χ1) is 11.3. The van der Waals surface area contributed by atoms with E-state index in [0.29, 0.717) is 5.95 Å². The molecule has 4 nitrogen and oxygen atoms in total. The monoisotopic (exact) mass is 304 g/mol. The summed E-state index contributed by atoms with van der Waals surface area (Å²) in [5, 5.41) is 4.19. The van der Waals surface area contributed by atoms with Gasteiger partial charge in [0, 0.05) is 34.5 Å². The van der Waals surface area contributed by atoms with Crippen LogP contribution in [0.1, 0.15) is 0 Å². The lowest BCUT2D eigenvalue weighted by molar-refractivity contribution is 0.628. The number of hydrogen-bond acceptors (Lipinski definition) is 3. The number of nitrogens with one attached hydrogen (secondary N) is 2. The SMILES string of the molecule is Fc1ccc(Nc2nccc(-c3c[nH]c4ccccc34)n2)cc1. The fraction of sp³-hybridized carbons (Fsp3) is 0. The number of benzene rings is 2. The van der Waals surface area contributed by atoms with E-state index < -0.39 is 0 Å². The van der Waals surface area contributed by atoms with E-state index in [-0.39, 0.29) is 5.82 Å². The molecule has 0 spiro atoms. The number of halogens is 1. The second-order valence-corrected chi connectivity index (χ2v) is 5.15. The van der Waals surface area contributed by atoms with Crippen LogP contribution in [0, 0.1) is 5.82 Å². The molecule has 4 rings (SSSR count). The van der Waals surface area contributed by atoms with Crippen molar-refractivity contribution < 1.29 is 4.39 Å². The van der Waals surface area contributed by atoms with Gasteiger partial charge in [-0.3, -0.25) is 0 Å². The third-order valence-corrected chi connectivity index (χ3v) is 3.62. The van der Waals surface area contributed by atoms with Gasteiger partial charge in [-0.2, -0.15) is 0 Å². The third kappa shape index (κ3) is 2.64. The van der Waals surface area contributed by atoms with Gasteiger partial charge in [-0.1, -0.05) is 18.2 Å². The van der Waals surface area contributed by atoms with Crippen molar-refractivity contribution >= 4 is 22.5 Å². The maximum atomic E-state index is 13.0. The lowest BCUT2D eigenvalue weighted by Gasteiger charge is -2.06. The Bertz CT molecular complexity index is 960. The molecule has 0 radical (unpaired) electrons. The highest BCUT2D eigenvalue weighted by atomic mass is 19.1. The Morgan fingerprint density at radius 1 is 0.957 bits per heavy atom. The van der Waals surface area contributed by atoms with Crippen LogP contribution in [0.25, 0.3) is 22.2 Å². The van der Waals surface area contributed by atoms with E-state index in [0.717, 1.165) is 27.8 Å². The first-order valence-electron chi connectivity index (χ1n) is 7.22. The van der Waals surface area contributed by atoms with Crippen LogP contribution in [0.4, 0.5) is 16.0 Å². The number of aromatic nitrogens is 3. The normalized spacial score (nSPS) is 10.8. The first kappa shape index (κ1) is 13.5. The third-order valence-electron chi connectivity index (χ3n) is 3.62. The van der Waals surface area contributed by atoms with Crippen LogP contribution in [-0.4, -0.2) is 15.0 Å². The number of aromatic amines is 1. The average molecular weight is 304 g/mol. The smallest absolute Gasteiger partial charge is 0.227 e. The number of para-hydroxylation sites is 1. The van der Waals surface area contributed by atoms with Gasteiger partial charge in [0.1, 0.15) is 5.82 Å². The fourth-order valence-corrected chi connectivity index (χ4v) is 2.51. The molecule has 2 aromatic heterocycles. The van der Waals surface area contributed by atoms with E-state index in [1.54, 1.807) is 18.3 Å². The molecule has 0 bridgehead atoms. The van der Waals surface area contributed by atoms with Crippen LogP contribution in [0.2, 0.25) is 0 Å². The van der Waals surface area contributed by atoms with Gasteiger partial charge in [-0.25, -0.2) is 14.4 Å². The number of rotatable bonds is 3. The summed E-state index contributed by atoms with van der Waals surface area (Å²) < 4.78 is 13.0. The van der Waals surface area contributed by atoms with Crippen molar-refractivity contribution in [2.24, 2.45) is 0 Å². The summed E-state index contributed by atoms with van der Waals surface area (Å²) in [7, 11) is 0. The van der Waals surface area contributed by atoms with Gasteiger partial charge in [0.15, 0.2) is 0 Å². The van der Waals surface area contributed by atoms with E-state index in [2.05, 4.69) is 26.3 Å². The second kappa shape index (κ2) is 5.53. The van der Waals surface area contributed by atoms with Crippen molar-refractivity contribution in [1.82, 2.24) is 15.0 Å². The molecule has 0 aliphatic heterocycles. The van der Waals surface area contributed by atoms with Crippen LogP contribution in [-0.2, 0) is 0 Å². The quantitative estimate of drug-likeness (QED) is 0.585. The van der Waals surface area contributed by atoms with Gasteiger partial charge >= 0.3 is 0 Å². The summed E-state index contributed by atoms with van der Waals surface area (Å²) in [6, 6.07) is 16.0. The van der Waals surface area contributed by atoms with Crippen LogP contribution in [0.15, 0.2) is 67.0 Å². The maximum Gasteiger partial charge on any atom is 0.227 e. The Balaban J connectivity index is 1.70. The largest absolute Gasteiger partial charge is 0.360 e. The lowest BCUT2D eigenvalue weighted by atomic mass is 10.1. The Morgan fingerprint density at radius 3 is 2.65 bits per heavy atom. The van der Waals surface area contributed by atoms with Crippen molar-refractivity contribution in [1.29, 1.82) is 0 Å². The van der Waals surface area contributed by atoms with E-state index in [9.17, 15) is 4.39 Å². The topological polar surface area (TPSA) is 53.6 Å². The van der Waals surface area contributed by atoms with Gasteiger partial charge in [0.05, 0.1) is 5.69 Å². The highest BCUT2D eigenvalue weighted by Gasteiger charge is 2.08. The van der Waals surface area contributed by atoms with E-state index in [1.165, 1.54) is 12.1 Å².